The van der Waals surface area contributed by atoms with Crippen LogP contribution in [-0.2, 0) is 19.6 Å². The van der Waals surface area contributed by atoms with Gasteiger partial charge in [0.05, 0.1) is 17.0 Å². The Morgan fingerprint density at radius 3 is 1.91 bits per heavy atom. The smallest absolute Gasteiger partial charge is 0.252 e. The maximum Gasteiger partial charge on any atom is 0.252 e. The number of benzene rings is 2. The molecule has 2 amide bonds. The van der Waals surface area contributed by atoms with E-state index < -0.39 is 22.0 Å². The normalized spacial score (nSPS) is 20.7. The van der Waals surface area contributed by atoms with Crippen LogP contribution in [0, 0.1) is 13.8 Å². The molecule has 2 aliphatic rings. The molecule has 0 radical (unpaired) electrons. The van der Waals surface area contributed by atoms with Gasteiger partial charge in [-0.2, -0.15) is 4.31 Å². The monoisotopic (exact) mass is 454 g/mol. The molecule has 0 N–H and O–H groups in total. The van der Waals surface area contributed by atoms with E-state index in [9.17, 15) is 18.0 Å². The average molecular weight is 455 g/mol. The van der Waals surface area contributed by atoms with Crippen LogP contribution in [0.5, 0.6) is 0 Å². The first kappa shape index (κ1) is 22.7. The highest BCUT2D eigenvalue weighted by atomic mass is 32.2. The molecular formula is C25H30N2O4S. The van der Waals surface area contributed by atoms with Crippen LogP contribution in [0.15, 0.2) is 53.4 Å². The van der Waals surface area contributed by atoms with Gasteiger partial charge in [-0.25, -0.2) is 13.3 Å². The van der Waals surface area contributed by atoms with Crippen LogP contribution in [0.2, 0.25) is 0 Å². The van der Waals surface area contributed by atoms with E-state index in [1.165, 1.54) is 4.31 Å². The van der Waals surface area contributed by atoms with Crippen molar-refractivity contribution in [2.45, 2.75) is 75.8 Å². The zero-order valence-electron chi connectivity index (χ0n) is 18.7. The summed E-state index contributed by atoms with van der Waals surface area (Å²) >= 11 is 0. The van der Waals surface area contributed by atoms with Gasteiger partial charge in [-0.1, -0.05) is 61.1 Å². The number of rotatable bonds is 5. The first-order valence-corrected chi connectivity index (χ1v) is 12.8. The molecule has 7 heteroatoms. The van der Waals surface area contributed by atoms with E-state index in [4.69, 9.17) is 0 Å². The summed E-state index contributed by atoms with van der Waals surface area (Å²) in [5.41, 5.74) is 2.47. The highest BCUT2D eigenvalue weighted by molar-refractivity contribution is 7.89. The van der Waals surface area contributed by atoms with E-state index in [0.29, 0.717) is 18.5 Å². The van der Waals surface area contributed by atoms with Gasteiger partial charge in [0.2, 0.25) is 15.9 Å². The molecule has 6 nitrogen and oxygen atoms in total. The highest BCUT2D eigenvalue weighted by Gasteiger charge is 2.49. The minimum absolute atomic E-state index is 0.131. The van der Waals surface area contributed by atoms with Crippen molar-refractivity contribution in [1.82, 2.24) is 4.31 Å². The van der Waals surface area contributed by atoms with Crippen molar-refractivity contribution >= 4 is 27.5 Å². The Bertz CT molecular complexity index is 1090. The van der Waals surface area contributed by atoms with Gasteiger partial charge in [-0.15, -0.1) is 0 Å². The van der Waals surface area contributed by atoms with Gasteiger partial charge >= 0.3 is 0 Å². The van der Waals surface area contributed by atoms with Crippen molar-refractivity contribution in [1.29, 1.82) is 0 Å². The SMILES string of the molecule is Cc1ccc(N2C(=O)CC(N(C3CCCCCC3)S(=O)(=O)c3ccc(C)cc3)C2=O)cc1. The highest BCUT2D eigenvalue weighted by Crippen LogP contribution is 2.34. The van der Waals surface area contributed by atoms with Crippen LogP contribution in [0.3, 0.4) is 0 Å². The summed E-state index contributed by atoms with van der Waals surface area (Å²) in [7, 11) is -3.95. The lowest BCUT2D eigenvalue weighted by molar-refractivity contribution is -0.122. The van der Waals surface area contributed by atoms with Gasteiger partial charge in [-0.3, -0.25) is 9.59 Å². The summed E-state index contributed by atoms with van der Waals surface area (Å²) in [5, 5.41) is 0. The molecule has 2 fully saturated rings. The molecule has 1 saturated carbocycles. The van der Waals surface area contributed by atoms with Crippen molar-refractivity contribution in [3.05, 3.63) is 59.7 Å². The number of carbonyl (C=O) groups excluding carboxylic acids is 2. The maximum atomic E-state index is 13.8. The summed E-state index contributed by atoms with van der Waals surface area (Å²) in [6, 6.07) is 12.6. The van der Waals surface area contributed by atoms with E-state index in [-0.39, 0.29) is 23.3 Å². The predicted molar refractivity (Wildman–Crippen MR) is 124 cm³/mol. The van der Waals surface area contributed by atoms with E-state index in [2.05, 4.69) is 0 Å². The van der Waals surface area contributed by atoms with Crippen LogP contribution in [0.4, 0.5) is 5.69 Å². The van der Waals surface area contributed by atoms with Crippen LogP contribution in [0.25, 0.3) is 0 Å². The number of hydrogen-bond donors (Lipinski definition) is 0. The van der Waals surface area contributed by atoms with E-state index in [0.717, 1.165) is 41.7 Å². The third-order valence-electron chi connectivity index (χ3n) is 6.50. The fourth-order valence-electron chi connectivity index (χ4n) is 4.74. The molecule has 1 aliphatic carbocycles. The molecule has 0 aromatic heterocycles. The summed E-state index contributed by atoms with van der Waals surface area (Å²) in [6.45, 7) is 3.83. The topological polar surface area (TPSA) is 74.8 Å². The second-order valence-electron chi connectivity index (χ2n) is 8.92. The van der Waals surface area contributed by atoms with Crippen molar-refractivity contribution < 1.29 is 18.0 Å². The van der Waals surface area contributed by atoms with Crippen molar-refractivity contribution in [2.75, 3.05) is 4.90 Å². The maximum absolute atomic E-state index is 13.8. The van der Waals surface area contributed by atoms with Crippen LogP contribution in [0.1, 0.15) is 56.1 Å². The molecule has 1 unspecified atom stereocenters. The minimum Gasteiger partial charge on any atom is -0.274 e. The summed E-state index contributed by atoms with van der Waals surface area (Å²) in [6.07, 6.45) is 5.22. The zero-order chi connectivity index (χ0) is 22.9. The Morgan fingerprint density at radius 1 is 0.812 bits per heavy atom. The molecular weight excluding hydrogens is 424 g/mol. The number of amides is 2. The number of nitrogens with zero attached hydrogens (tertiary/aromatic N) is 2. The predicted octanol–water partition coefficient (Wildman–Crippen LogP) is 4.35. The summed E-state index contributed by atoms with van der Waals surface area (Å²) in [4.78, 5) is 27.7. The lowest BCUT2D eigenvalue weighted by Gasteiger charge is -2.33. The van der Waals surface area contributed by atoms with Gasteiger partial charge in [0.15, 0.2) is 0 Å². The zero-order valence-corrected chi connectivity index (χ0v) is 19.5. The van der Waals surface area contributed by atoms with E-state index >= 15 is 0 Å². The van der Waals surface area contributed by atoms with Crippen molar-refractivity contribution in [3.8, 4) is 0 Å². The molecule has 2 aromatic rings. The number of anilines is 1. The second kappa shape index (κ2) is 9.16. The first-order valence-electron chi connectivity index (χ1n) is 11.3. The molecule has 0 bridgehead atoms. The third kappa shape index (κ3) is 4.36. The summed E-state index contributed by atoms with van der Waals surface area (Å²) < 4.78 is 29.0. The van der Waals surface area contributed by atoms with Gasteiger partial charge < -0.3 is 0 Å². The Balaban J connectivity index is 1.74. The molecule has 4 rings (SSSR count). The van der Waals surface area contributed by atoms with Crippen molar-refractivity contribution in [3.63, 3.8) is 0 Å². The largest absolute Gasteiger partial charge is 0.274 e. The molecule has 170 valence electrons. The molecule has 1 atom stereocenters. The van der Waals surface area contributed by atoms with Gasteiger partial charge in [0.25, 0.3) is 5.91 Å². The number of carbonyl (C=O) groups is 2. The first-order chi connectivity index (χ1) is 15.3. The minimum atomic E-state index is -3.95. The number of hydrogen-bond acceptors (Lipinski definition) is 4. The Kier molecular flexibility index (Phi) is 6.49. The lowest BCUT2D eigenvalue weighted by atomic mass is 10.1. The molecule has 32 heavy (non-hydrogen) atoms. The second-order valence-corrected chi connectivity index (χ2v) is 10.8. The van der Waals surface area contributed by atoms with Crippen LogP contribution < -0.4 is 4.90 Å². The Labute approximate surface area is 190 Å². The van der Waals surface area contributed by atoms with Crippen LogP contribution >= 0.6 is 0 Å². The van der Waals surface area contributed by atoms with Crippen LogP contribution in [-0.4, -0.2) is 36.6 Å². The fourth-order valence-corrected chi connectivity index (χ4v) is 6.57. The lowest BCUT2D eigenvalue weighted by Crippen LogP contribution is -2.50. The molecule has 1 heterocycles. The number of imide groups is 1. The molecule has 1 aliphatic heterocycles. The third-order valence-corrected chi connectivity index (χ3v) is 8.48. The average Bonchev–Trinajstić information content (AvgIpc) is 2.93. The Morgan fingerprint density at radius 2 is 1.34 bits per heavy atom. The fraction of sp³-hybridized carbons (Fsp3) is 0.440. The standard InChI is InChI=1S/C25H30N2O4S/c1-18-9-13-20(14-10-18)26-24(28)17-23(25(26)29)27(21-7-5-3-4-6-8-21)32(30,31)22-15-11-19(2)12-16-22/h9-16,21,23H,3-8,17H2,1-2H3. The number of sulfonamides is 1. The number of aryl methyl sites for hydroxylation is 2. The molecule has 1 saturated heterocycles. The van der Waals surface area contributed by atoms with E-state index in [1.54, 1.807) is 36.4 Å². The quantitative estimate of drug-likeness (QED) is 0.497. The molecule has 0 spiro atoms. The summed E-state index contributed by atoms with van der Waals surface area (Å²) in [5.74, 6) is -0.819. The van der Waals surface area contributed by atoms with Gasteiger partial charge in [-0.05, 0) is 51.0 Å². The molecule has 2 aromatic carbocycles. The van der Waals surface area contributed by atoms with Gasteiger partial charge in [0.1, 0.15) is 6.04 Å². The van der Waals surface area contributed by atoms with Gasteiger partial charge in [0, 0.05) is 6.04 Å². The van der Waals surface area contributed by atoms with E-state index in [1.807, 2.05) is 26.0 Å². The Hall–Kier alpha value is -2.51. The van der Waals surface area contributed by atoms with Crippen molar-refractivity contribution in [2.24, 2.45) is 0 Å².